The number of nitrogens with zero attached hydrogens (tertiary/aromatic N) is 2. The molecule has 2 aromatic rings. The molecule has 0 aliphatic carbocycles. The lowest BCUT2D eigenvalue weighted by Gasteiger charge is -2.28. The van der Waals surface area contributed by atoms with Crippen molar-refractivity contribution in [3.8, 4) is 0 Å². The van der Waals surface area contributed by atoms with E-state index in [1.54, 1.807) is 31.0 Å². The number of non-ortho nitro benzene ring substituents is 1. The molecule has 7 nitrogen and oxygen atoms in total. The average Bonchev–Trinajstić information content (AvgIpc) is 3.14. The van der Waals surface area contributed by atoms with E-state index in [1.165, 1.54) is 12.1 Å². The Balaban J connectivity index is 2.00. The van der Waals surface area contributed by atoms with Gasteiger partial charge in [-0.05, 0) is 31.1 Å². The molecule has 0 bridgehead atoms. The highest BCUT2D eigenvalue weighted by Gasteiger charge is 2.28. The van der Waals surface area contributed by atoms with Crippen LogP contribution in [-0.2, 0) is 9.53 Å². The Morgan fingerprint density at radius 3 is 2.68 bits per heavy atom. The van der Waals surface area contributed by atoms with Gasteiger partial charge < -0.3 is 4.74 Å². The predicted molar refractivity (Wildman–Crippen MR) is 106 cm³/mol. The van der Waals surface area contributed by atoms with Crippen molar-refractivity contribution in [2.75, 3.05) is 6.61 Å². The molecule has 0 radical (unpaired) electrons. The van der Waals surface area contributed by atoms with Gasteiger partial charge in [-0.25, -0.2) is 4.79 Å². The number of nitro benzene ring substituents is 1. The van der Waals surface area contributed by atoms with Gasteiger partial charge in [0.2, 0.25) is 0 Å². The molecule has 0 fully saturated rings. The number of hydrogen-bond donors (Lipinski definition) is 1. The number of esters is 1. The Kier molecular flexibility index (Phi) is 5.74. The first-order valence-corrected chi connectivity index (χ1v) is 8.92. The van der Waals surface area contributed by atoms with Crippen LogP contribution in [0, 0.1) is 10.1 Å². The lowest BCUT2D eigenvalue weighted by atomic mass is 10.0. The molecule has 28 heavy (non-hydrogen) atoms. The van der Waals surface area contributed by atoms with Crippen molar-refractivity contribution in [3.05, 3.63) is 93.7 Å². The lowest BCUT2D eigenvalue weighted by molar-refractivity contribution is -0.384. The molecular formula is C21H21N3O4. The minimum atomic E-state index is -0.437. The number of benzene rings is 2. The van der Waals surface area contributed by atoms with Gasteiger partial charge >= 0.3 is 5.97 Å². The summed E-state index contributed by atoms with van der Waals surface area (Å²) in [4.78, 5) is 22.6. The quantitative estimate of drug-likeness (QED) is 0.354. The zero-order chi connectivity index (χ0) is 20.1. The van der Waals surface area contributed by atoms with Crippen LogP contribution in [0.2, 0.25) is 0 Å². The Morgan fingerprint density at radius 1 is 1.25 bits per heavy atom. The molecule has 0 amide bonds. The summed E-state index contributed by atoms with van der Waals surface area (Å²) in [6, 6.07) is 15.9. The van der Waals surface area contributed by atoms with E-state index in [0.717, 1.165) is 16.8 Å². The van der Waals surface area contributed by atoms with Crippen LogP contribution < -0.4 is 5.43 Å². The van der Waals surface area contributed by atoms with Crippen LogP contribution in [0.25, 0.3) is 5.70 Å². The lowest BCUT2D eigenvalue weighted by Crippen LogP contribution is -2.32. The standard InChI is InChI=1S/C21H21N3O4/c1-3-28-21(25)12-15(2)23-20(17-10-7-11-18(13-17)24(26)27)14-19(22-23)16-8-5-4-6-9-16/h4-14,20,22H,3H2,1-2H3/t20-/m1/s1. The number of carbonyl (C=O) groups is 1. The van der Waals surface area contributed by atoms with Crippen LogP contribution >= 0.6 is 0 Å². The van der Waals surface area contributed by atoms with Gasteiger partial charge in [-0.1, -0.05) is 42.5 Å². The maximum Gasteiger partial charge on any atom is 0.332 e. The van der Waals surface area contributed by atoms with Crippen molar-refractivity contribution in [3.63, 3.8) is 0 Å². The first-order valence-electron chi connectivity index (χ1n) is 8.92. The molecule has 144 valence electrons. The fourth-order valence-electron chi connectivity index (χ4n) is 3.05. The Morgan fingerprint density at radius 2 is 2.00 bits per heavy atom. The van der Waals surface area contributed by atoms with Crippen LogP contribution in [0.3, 0.4) is 0 Å². The van der Waals surface area contributed by atoms with Crippen molar-refractivity contribution < 1.29 is 14.5 Å². The van der Waals surface area contributed by atoms with Crippen molar-refractivity contribution in [1.29, 1.82) is 0 Å². The van der Waals surface area contributed by atoms with E-state index in [2.05, 4.69) is 5.43 Å². The molecule has 1 N–H and O–H groups in total. The summed E-state index contributed by atoms with van der Waals surface area (Å²) in [5.74, 6) is -0.437. The van der Waals surface area contributed by atoms with Crippen molar-refractivity contribution >= 4 is 17.4 Å². The largest absolute Gasteiger partial charge is 0.463 e. The SMILES string of the molecule is CCOC(=O)C=C(C)N1NC(c2ccccc2)=C[C@@H]1c1cccc([N+](=O)[O-])c1. The maximum absolute atomic E-state index is 11.9. The summed E-state index contributed by atoms with van der Waals surface area (Å²) >= 11 is 0. The summed E-state index contributed by atoms with van der Waals surface area (Å²) in [6.07, 6.45) is 3.39. The second-order valence-electron chi connectivity index (χ2n) is 6.26. The number of ether oxygens (including phenoxy) is 1. The summed E-state index contributed by atoms with van der Waals surface area (Å²) in [5.41, 5.74) is 6.53. The Hall–Kier alpha value is -3.61. The number of rotatable bonds is 6. The van der Waals surface area contributed by atoms with Gasteiger partial charge in [0.1, 0.15) is 0 Å². The van der Waals surface area contributed by atoms with Gasteiger partial charge in [-0.15, -0.1) is 0 Å². The fraction of sp³-hybridized carbons (Fsp3) is 0.190. The summed E-state index contributed by atoms with van der Waals surface area (Å²) in [7, 11) is 0. The van der Waals surface area contributed by atoms with Gasteiger partial charge in [0, 0.05) is 23.9 Å². The highest BCUT2D eigenvalue weighted by Crippen LogP contribution is 2.34. The molecule has 0 spiro atoms. The van der Waals surface area contributed by atoms with Gasteiger partial charge in [0.15, 0.2) is 0 Å². The third kappa shape index (κ3) is 4.20. The van der Waals surface area contributed by atoms with E-state index in [9.17, 15) is 14.9 Å². The summed E-state index contributed by atoms with van der Waals surface area (Å²) in [5, 5.41) is 13.0. The molecule has 0 aromatic heterocycles. The Labute approximate surface area is 163 Å². The number of carbonyl (C=O) groups excluding carboxylic acids is 1. The zero-order valence-electron chi connectivity index (χ0n) is 15.7. The van der Waals surface area contributed by atoms with Crippen LogP contribution in [0.15, 0.2) is 72.4 Å². The number of hydrazine groups is 1. The van der Waals surface area contributed by atoms with E-state index in [-0.39, 0.29) is 18.3 Å². The van der Waals surface area contributed by atoms with E-state index in [1.807, 2.05) is 42.5 Å². The van der Waals surface area contributed by atoms with Gasteiger partial charge in [-0.2, -0.15) is 0 Å². The molecule has 0 saturated heterocycles. The van der Waals surface area contributed by atoms with Gasteiger partial charge in [-0.3, -0.25) is 20.5 Å². The molecule has 3 rings (SSSR count). The first kappa shape index (κ1) is 19.2. The summed E-state index contributed by atoms with van der Waals surface area (Å²) in [6.45, 7) is 3.82. The van der Waals surface area contributed by atoms with E-state index in [4.69, 9.17) is 4.74 Å². The molecule has 0 saturated carbocycles. The predicted octanol–water partition coefficient (Wildman–Crippen LogP) is 3.96. The monoisotopic (exact) mass is 379 g/mol. The normalized spacial score (nSPS) is 16.4. The molecule has 1 atom stereocenters. The molecule has 1 aliphatic heterocycles. The zero-order valence-corrected chi connectivity index (χ0v) is 15.7. The third-order valence-corrected chi connectivity index (χ3v) is 4.34. The molecule has 2 aromatic carbocycles. The maximum atomic E-state index is 11.9. The van der Waals surface area contributed by atoms with Crippen LogP contribution in [-0.4, -0.2) is 22.5 Å². The van der Waals surface area contributed by atoms with Crippen molar-refractivity contribution in [2.45, 2.75) is 19.9 Å². The smallest absolute Gasteiger partial charge is 0.332 e. The molecule has 0 unspecified atom stereocenters. The number of nitro groups is 1. The van der Waals surface area contributed by atoms with E-state index >= 15 is 0 Å². The van der Waals surface area contributed by atoms with Crippen molar-refractivity contribution in [2.24, 2.45) is 0 Å². The van der Waals surface area contributed by atoms with Crippen molar-refractivity contribution in [1.82, 2.24) is 10.4 Å². The van der Waals surface area contributed by atoms with Crippen LogP contribution in [0.1, 0.15) is 31.0 Å². The second-order valence-corrected chi connectivity index (χ2v) is 6.26. The highest BCUT2D eigenvalue weighted by atomic mass is 16.6. The minimum Gasteiger partial charge on any atom is -0.463 e. The molecule has 7 heteroatoms. The fourth-order valence-corrected chi connectivity index (χ4v) is 3.05. The number of allylic oxidation sites excluding steroid dienone is 1. The highest BCUT2D eigenvalue weighted by molar-refractivity contribution is 5.82. The molecular weight excluding hydrogens is 358 g/mol. The first-order chi connectivity index (χ1) is 13.5. The minimum absolute atomic E-state index is 0.0195. The number of hydrogen-bond acceptors (Lipinski definition) is 6. The van der Waals surface area contributed by atoms with Crippen LogP contribution in [0.5, 0.6) is 0 Å². The van der Waals surface area contributed by atoms with Crippen LogP contribution in [0.4, 0.5) is 5.69 Å². The second kappa shape index (κ2) is 8.39. The van der Waals surface area contributed by atoms with E-state index < -0.39 is 10.9 Å². The van der Waals surface area contributed by atoms with E-state index in [0.29, 0.717) is 5.70 Å². The van der Waals surface area contributed by atoms with Gasteiger partial charge in [0.25, 0.3) is 5.69 Å². The Bertz CT molecular complexity index is 938. The average molecular weight is 379 g/mol. The number of nitrogens with one attached hydrogen (secondary N) is 1. The molecule has 1 heterocycles. The summed E-state index contributed by atoms with van der Waals surface area (Å²) < 4.78 is 5.00. The topological polar surface area (TPSA) is 84.7 Å². The van der Waals surface area contributed by atoms with Gasteiger partial charge in [0.05, 0.1) is 23.3 Å². The third-order valence-electron chi connectivity index (χ3n) is 4.34. The molecule has 1 aliphatic rings.